The van der Waals surface area contributed by atoms with Gasteiger partial charge in [-0.2, -0.15) is 0 Å². The molecule has 0 bridgehead atoms. The summed E-state index contributed by atoms with van der Waals surface area (Å²) < 4.78 is 47.6. The van der Waals surface area contributed by atoms with Crippen LogP contribution >= 0.6 is 0 Å². The lowest BCUT2D eigenvalue weighted by Crippen LogP contribution is -2.38. The zero-order valence-corrected chi connectivity index (χ0v) is 10.3. The lowest BCUT2D eigenvalue weighted by Gasteiger charge is -2.24. The molecule has 0 aliphatic heterocycles. The third-order valence-electron chi connectivity index (χ3n) is 2.76. The van der Waals surface area contributed by atoms with E-state index >= 15 is 0 Å². The Kier molecular flexibility index (Phi) is 1.71. The summed E-state index contributed by atoms with van der Waals surface area (Å²) in [7, 11) is 0. The molecule has 1 heterocycles. The molecule has 0 radical (unpaired) electrons. The van der Waals surface area contributed by atoms with Crippen molar-refractivity contribution in [2.24, 2.45) is 0 Å². The Morgan fingerprint density at radius 2 is 1.95 bits per heavy atom. The third kappa shape index (κ3) is 2.07. The molecule has 0 fully saturated rings. The molecular formula is C14H17N3O2. The molecule has 1 aromatic carbocycles. The zero-order chi connectivity index (χ0) is 19.2. The molecule has 0 atom stereocenters. The van der Waals surface area contributed by atoms with Gasteiger partial charge in [0.25, 0.3) is 0 Å². The maximum absolute atomic E-state index is 12.8. The van der Waals surface area contributed by atoms with E-state index in [1.165, 1.54) is 19.1 Å². The minimum atomic E-state index is -3.17. The van der Waals surface area contributed by atoms with Crippen molar-refractivity contribution in [2.45, 2.75) is 26.2 Å². The molecule has 0 spiro atoms. The van der Waals surface area contributed by atoms with Crippen LogP contribution in [0.5, 0.6) is 0 Å². The third-order valence-corrected chi connectivity index (χ3v) is 2.76. The van der Waals surface area contributed by atoms with Crippen LogP contribution in [0, 0.1) is 0 Å². The minimum absolute atomic E-state index is 0.180. The number of rotatable bonds is 3. The summed E-state index contributed by atoms with van der Waals surface area (Å²) >= 11 is 0. The number of nitrogens with one attached hydrogen (secondary N) is 1. The van der Waals surface area contributed by atoms with E-state index in [1.807, 2.05) is 0 Å². The second kappa shape index (κ2) is 4.42. The fourth-order valence-corrected chi connectivity index (χ4v) is 1.60. The van der Waals surface area contributed by atoms with Crippen LogP contribution in [-0.2, 0) is 5.54 Å². The van der Waals surface area contributed by atoms with Crippen molar-refractivity contribution in [1.29, 1.82) is 0 Å². The lowest BCUT2D eigenvalue weighted by atomic mass is 9.97. The number of benzene rings is 1. The average Bonchev–Trinajstić information content (AvgIpc) is 2.72. The van der Waals surface area contributed by atoms with Crippen LogP contribution in [-0.4, -0.2) is 14.3 Å². The molecule has 19 heavy (non-hydrogen) atoms. The van der Waals surface area contributed by atoms with Gasteiger partial charge < -0.3 is 0 Å². The highest BCUT2D eigenvalue weighted by atomic mass is 16.2. The van der Waals surface area contributed by atoms with Gasteiger partial charge in [0, 0.05) is 8.22 Å². The number of allylic oxidation sites excluding steroid dienone is 1. The molecule has 2 aromatic rings. The number of nitrogens with zero attached hydrogens (tertiary/aromatic N) is 2. The fraction of sp³-hybridized carbons (Fsp3) is 0.286. The Labute approximate surface area is 119 Å². The average molecular weight is 265 g/mol. The molecule has 1 N–H and O–H groups in total. The van der Waals surface area contributed by atoms with Crippen molar-refractivity contribution in [2.75, 3.05) is 0 Å². The summed E-state index contributed by atoms with van der Waals surface area (Å²) in [5.74, 6) is 0. The number of aromatic nitrogens is 3. The van der Waals surface area contributed by atoms with Crippen LogP contribution < -0.4 is 11.4 Å². The lowest BCUT2D eigenvalue weighted by molar-refractivity contribution is 0.367. The van der Waals surface area contributed by atoms with E-state index in [9.17, 15) is 9.59 Å². The minimum Gasteiger partial charge on any atom is -0.246 e. The molecule has 1 aromatic heterocycles. The van der Waals surface area contributed by atoms with Crippen LogP contribution in [0.25, 0.3) is 5.69 Å². The quantitative estimate of drug-likeness (QED) is 0.858. The van der Waals surface area contributed by atoms with Crippen LogP contribution in [0.4, 0.5) is 0 Å². The first-order valence-corrected chi connectivity index (χ1v) is 5.51. The molecule has 0 saturated carbocycles. The molecule has 5 heteroatoms. The second-order valence-corrected chi connectivity index (χ2v) is 4.20. The van der Waals surface area contributed by atoms with Gasteiger partial charge in [-0.15, -0.1) is 0 Å². The smallest absolute Gasteiger partial charge is 0.246 e. The van der Waals surface area contributed by atoms with Crippen LogP contribution in [0.2, 0.25) is 0 Å². The highest BCUT2D eigenvalue weighted by Crippen LogP contribution is 2.19. The van der Waals surface area contributed by atoms with Gasteiger partial charge >= 0.3 is 11.4 Å². The largest absolute Gasteiger partial charge is 0.352 e. The van der Waals surface area contributed by atoms with Gasteiger partial charge in [0.05, 0.1) is 11.2 Å². The monoisotopic (exact) mass is 265 g/mol. The predicted molar refractivity (Wildman–Crippen MR) is 74.8 cm³/mol. The van der Waals surface area contributed by atoms with Gasteiger partial charge in [-0.1, -0.05) is 30.4 Å². The summed E-state index contributed by atoms with van der Waals surface area (Å²) in [4.78, 5) is 25.1. The zero-order valence-electron chi connectivity index (χ0n) is 16.3. The molecule has 0 saturated heterocycles. The summed E-state index contributed by atoms with van der Waals surface area (Å²) in [5, 5.41) is 2.08. The van der Waals surface area contributed by atoms with Crippen LogP contribution in [0.15, 0.2) is 52.1 Å². The van der Waals surface area contributed by atoms with Gasteiger partial charge in [-0.3, -0.25) is 0 Å². The van der Waals surface area contributed by atoms with Gasteiger partial charge in [0.1, 0.15) is 0 Å². The maximum atomic E-state index is 12.8. The van der Waals surface area contributed by atoms with E-state index in [1.54, 1.807) is 18.2 Å². The first kappa shape index (κ1) is 7.33. The van der Waals surface area contributed by atoms with Crippen molar-refractivity contribution in [3.05, 3.63) is 63.5 Å². The summed E-state index contributed by atoms with van der Waals surface area (Å²) in [5.41, 5.74) is -4.94. The SMILES string of the molecule is [2H]C([2H])([2H])C(C(=C)C)(n1[nH]c(=O)n(-c2ccccc2)c1=O)C([2H])([2H])[2H]. The number of aromatic amines is 1. The predicted octanol–water partition coefficient (Wildman–Crippen LogP) is 1.64. The number of para-hydroxylation sites is 1. The first-order chi connectivity index (χ1) is 11.4. The Hall–Kier alpha value is -2.30. The molecule has 0 unspecified atom stereocenters. The van der Waals surface area contributed by atoms with E-state index in [0.717, 1.165) is 0 Å². The van der Waals surface area contributed by atoms with E-state index in [0.29, 0.717) is 9.25 Å². The molecule has 5 nitrogen and oxygen atoms in total. The molecular weight excluding hydrogens is 242 g/mol. The van der Waals surface area contributed by atoms with Gasteiger partial charge in [0.15, 0.2) is 0 Å². The van der Waals surface area contributed by atoms with Crippen molar-refractivity contribution in [1.82, 2.24) is 14.3 Å². The second-order valence-electron chi connectivity index (χ2n) is 4.20. The first-order valence-electron chi connectivity index (χ1n) is 8.51. The van der Waals surface area contributed by atoms with Crippen LogP contribution in [0.3, 0.4) is 0 Å². The van der Waals surface area contributed by atoms with Gasteiger partial charge in [-0.25, -0.2) is 23.9 Å². The highest BCUT2D eigenvalue weighted by molar-refractivity contribution is 5.30. The number of hydrogen-bond donors (Lipinski definition) is 1. The van der Waals surface area contributed by atoms with Crippen LogP contribution in [0.1, 0.15) is 28.9 Å². The van der Waals surface area contributed by atoms with Crippen molar-refractivity contribution in [3.8, 4) is 5.69 Å². The van der Waals surface area contributed by atoms with Crippen molar-refractivity contribution in [3.63, 3.8) is 0 Å². The highest BCUT2D eigenvalue weighted by Gasteiger charge is 2.26. The molecule has 0 aliphatic rings. The summed E-state index contributed by atoms with van der Waals surface area (Å²) in [6, 6.07) is 7.77. The van der Waals surface area contributed by atoms with E-state index in [2.05, 4.69) is 11.7 Å². The Balaban J connectivity index is 2.94. The number of hydrogen-bond acceptors (Lipinski definition) is 2. The van der Waals surface area contributed by atoms with Gasteiger partial charge in [0.2, 0.25) is 0 Å². The Morgan fingerprint density at radius 3 is 2.47 bits per heavy atom. The Morgan fingerprint density at radius 1 is 1.32 bits per heavy atom. The summed E-state index contributed by atoms with van der Waals surface area (Å²) in [6.07, 6.45) is 0. The van der Waals surface area contributed by atoms with Crippen molar-refractivity contribution < 1.29 is 8.22 Å². The Bertz CT molecular complexity index is 888. The summed E-state index contributed by atoms with van der Waals surface area (Å²) in [6.45, 7) is -1.66. The number of H-pyrrole nitrogens is 1. The molecule has 2 rings (SSSR count). The normalized spacial score (nSPS) is 17.5. The van der Waals surface area contributed by atoms with E-state index in [-0.39, 0.29) is 11.3 Å². The maximum Gasteiger partial charge on any atom is 0.352 e. The van der Waals surface area contributed by atoms with E-state index < -0.39 is 30.6 Å². The van der Waals surface area contributed by atoms with Gasteiger partial charge in [-0.05, 0) is 32.8 Å². The molecule has 0 amide bonds. The molecule has 0 aliphatic carbocycles. The van der Waals surface area contributed by atoms with Crippen molar-refractivity contribution >= 4 is 0 Å². The fourth-order valence-electron chi connectivity index (χ4n) is 1.60. The topological polar surface area (TPSA) is 59.8 Å². The molecule has 100 valence electrons. The van der Waals surface area contributed by atoms with E-state index in [4.69, 9.17) is 8.22 Å². The standard InChI is InChI=1S/C14H17N3O2/c1-10(2)14(3,4)17-13(19)16(12(18)15-17)11-8-6-5-7-9-11/h5-9H,1H2,2-4H3,(H,15,18)/i3D3,4D3.